The lowest BCUT2D eigenvalue weighted by Gasteiger charge is -2.38. The molecule has 0 bridgehead atoms. The summed E-state index contributed by atoms with van der Waals surface area (Å²) in [5, 5.41) is 10.0. The van der Waals surface area contributed by atoms with E-state index < -0.39 is 5.54 Å². The Kier molecular flexibility index (Phi) is 3.47. The van der Waals surface area contributed by atoms with E-state index in [2.05, 4.69) is 15.5 Å². The SMILES string of the molecule is C[C@@H]1Cc2c(C(=O)N3CC(=O)NC(C)(C)C3)n[nH]c2[C@H](C)O1. The molecule has 1 saturated heterocycles. The van der Waals surface area contributed by atoms with Crippen molar-refractivity contribution >= 4 is 11.8 Å². The zero-order chi connectivity index (χ0) is 16.1. The average molecular weight is 306 g/mol. The van der Waals surface area contributed by atoms with Crippen LogP contribution in [0.2, 0.25) is 0 Å². The molecular weight excluding hydrogens is 284 g/mol. The Morgan fingerprint density at radius 2 is 2.14 bits per heavy atom. The van der Waals surface area contributed by atoms with Crippen LogP contribution in [0.15, 0.2) is 0 Å². The van der Waals surface area contributed by atoms with E-state index in [-0.39, 0.29) is 30.6 Å². The van der Waals surface area contributed by atoms with Crippen LogP contribution in [0, 0.1) is 0 Å². The second-order valence-corrected chi connectivity index (χ2v) is 6.85. The summed E-state index contributed by atoms with van der Waals surface area (Å²) in [6, 6.07) is 0. The number of amides is 2. The second-order valence-electron chi connectivity index (χ2n) is 6.85. The van der Waals surface area contributed by atoms with Crippen LogP contribution in [-0.4, -0.2) is 51.6 Å². The van der Waals surface area contributed by atoms with Gasteiger partial charge in [0.05, 0.1) is 30.0 Å². The van der Waals surface area contributed by atoms with Crippen LogP contribution < -0.4 is 5.32 Å². The molecule has 120 valence electrons. The highest BCUT2D eigenvalue weighted by Gasteiger charge is 2.37. The number of nitrogens with zero attached hydrogens (tertiary/aromatic N) is 2. The largest absolute Gasteiger partial charge is 0.369 e. The first-order valence-corrected chi connectivity index (χ1v) is 7.60. The molecule has 7 heteroatoms. The van der Waals surface area contributed by atoms with Gasteiger partial charge >= 0.3 is 0 Å². The quantitative estimate of drug-likeness (QED) is 0.803. The van der Waals surface area contributed by atoms with Gasteiger partial charge in [-0.2, -0.15) is 5.10 Å². The second kappa shape index (κ2) is 5.08. The van der Waals surface area contributed by atoms with E-state index in [4.69, 9.17) is 4.74 Å². The number of piperazine rings is 1. The summed E-state index contributed by atoms with van der Waals surface area (Å²) in [5.41, 5.74) is 1.77. The normalized spacial score (nSPS) is 27.3. The molecule has 2 atom stereocenters. The Morgan fingerprint density at radius 1 is 1.41 bits per heavy atom. The van der Waals surface area contributed by atoms with Gasteiger partial charge in [0, 0.05) is 18.5 Å². The Hall–Kier alpha value is -1.89. The van der Waals surface area contributed by atoms with Crippen LogP contribution in [-0.2, 0) is 16.0 Å². The molecule has 0 aliphatic carbocycles. The van der Waals surface area contributed by atoms with Gasteiger partial charge in [-0.25, -0.2) is 0 Å². The molecule has 1 aromatic heterocycles. The third-order valence-corrected chi connectivity index (χ3v) is 4.12. The van der Waals surface area contributed by atoms with E-state index in [1.54, 1.807) is 4.90 Å². The Morgan fingerprint density at radius 3 is 2.82 bits per heavy atom. The molecular formula is C15H22N4O3. The minimum Gasteiger partial charge on any atom is -0.369 e. The number of hydrogen-bond acceptors (Lipinski definition) is 4. The molecule has 3 rings (SSSR count). The molecule has 0 spiro atoms. The first-order chi connectivity index (χ1) is 10.3. The summed E-state index contributed by atoms with van der Waals surface area (Å²) in [6.07, 6.45) is 0.599. The fraction of sp³-hybridized carbons (Fsp3) is 0.667. The lowest BCUT2D eigenvalue weighted by Crippen LogP contribution is -2.61. The zero-order valence-corrected chi connectivity index (χ0v) is 13.4. The van der Waals surface area contributed by atoms with Gasteiger partial charge < -0.3 is 15.0 Å². The maximum Gasteiger partial charge on any atom is 0.275 e. The molecule has 2 aliphatic heterocycles. The van der Waals surface area contributed by atoms with Crippen molar-refractivity contribution < 1.29 is 14.3 Å². The number of nitrogens with one attached hydrogen (secondary N) is 2. The molecule has 7 nitrogen and oxygen atoms in total. The van der Waals surface area contributed by atoms with Crippen LogP contribution in [0.3, 0.4) is 0 Å². The summed E-state index contributed by atoms with van der Waals surface area (Å²) < 4.78 is 5.74. The molecule has 2 amide bonds. The van der Waals surface area contributed by atoms with Gasteiger partial charge in [-0.05, 0) is 27.7 Å². The van der Waals surface area contributed by atoms with E-state index >= 15 is 0 Å². The molecule has 2 N–H and O–H groups in total. The third-order valence-electron chi connectivity index (χ3n) is 4.12. The molecule has 1 aromatic rings. The van der Waals surface area contributed by atoms with Crippen molar-refractivity contribution in [2.24, 2.45) is 0 Å². The maximum atomic E-state index is 12.8. The van der Waals surface area contributed by atoms with Gasteiger partial charge in [-0.3, -0.25) is 14.7 Å². The third kappa shape index (κ3) is 2.61. The van der Waals surface area contributed by atoms with Gasteiger partial charge in [0.2, 0.25) is 5.91 Å². The Bertz CT molecular complexity index is 622. The molecule has 0 unspecified atom stereocenters. The average Bonchev–Trinajstić information content (AvgIpc) is 2.79. The van der Waals surface area contributed by atoms with Crippen molar-refractivity contribution in [1.82, 2.24) is 20.4 Å². The predicted octanol–water partition coefficient (Wildman–Crippen LogP) is 0.782. The summed E-state index contributed by atoms with van der Waals surface area (Å²) in [5.74, 6) is -0.333. The van der Waals surface area contributed by atoms with Crippen LogP contribution in [0.25, 0.3) is 0 Å². The van der Waals surface area contributed by atoms with Crippen molar-refractivity contribution in [1.29, 1.82) is 0 Å². The number of carbonyl (C=O) groups is 2. The fourth-order valence-corrected chi connectivity index (χ4v) is 3.31. The number of ether oxygens (including phenoxy) is 1. The molecule has 1 fully saturated rings. The smallest absolute Gasteiger partial charge is 0.275 e. The maximum absolute atomic E-state index is 12.8. The van der Waals surface area contributed by atoms with E-state index in [0.29, 0.717) is 18.7 Å². The number of aromatic amines is 1. The van der Waals surface area contributed by atoms with E-state index in [9.17, 15) is 9.59 Å². The summed E-state index contributed by atoms with van der Waals surface area (Å²) in [7, 11) is 0. The Balaban J connectivity index is 1.89. The van der Waals surface area contributed by atoms with E-state index in [1.165, 1.54) is 0 Å². The van der Waals surface area contributed by atoms with Crippen molar-refractivity contribution in [3.05, 3.63) is 17.0 Å². The Labute approximate surface area is 129 Å². The highest BCUT2D eigenvalue weighted by Crippen LogP contribution is 2.30. The number of hydrogen-bond donors (Lipinski definition) is 2. The van der Waals surface area contributed by atoms with Crippen LogP contribution in [0.4, 0.5) is 0 Å². The minimum absolute atomic E-state index is 0.0488. The minimum atomic E-state index is -0.426. The lowest BCUT2D eigenvalue weighted by molar-refractivity contribution is -0.126. The fourth-order valence-electron chi connectivity index (χ4n) is 3.31. The topological polar surface area (TPSA) is 87.3 Å². The highest BCUT2D eigenvalue weighted by atomic mass is 16.5. The number of fused-ring (bicyclic) bond motifs is 1. The summed E-state index contributed by atoms with van der Waals surface area (Å²) in [4.78, 5) is 26.2. The van der Waals surface area contributed by atoms with Crippen LogP contribution in [0.5, 0.6) is 0 Å². The number of carbonyl (C=O) groups excluding carboxylic acids is 2. The summed E-state index contributed by atoms with van der Waals surface area (Å²) in [6.45, 7) is 8.29. The van der Waals surface area contributed by atoms with E-state index in [1.807, 2.05) is 27.7 Å². The van der Waals surface area contributed by atoms with Gasteiger partial charge in [-0.1, -0.05) is 0 Å². The number of H-pyrrole nitrogens is 1. The predicted molar refractivity (Wildman–Crippen MR) is 79.4 cm³/mol. The number of aromatic nitrogens is 2. The van der Waals surface area contributed by atoms with Crippen LogP contribution >= 0.6 is 0 Å². The van der Waals surface area contributed by atoms with Gasteiger partial charge in [0.25, 0.3) is 5.91 Å². The molecule has 22 heavy (non-hydrogen) atoms. The first-order valence-electron chi connectivity index (χ1n) is 7.60. The lowest BCUT2D eigenvalue weighted by atomic mass is 9.98. The van der Waals surface area contributed by atoms with Crippen molar-refractivity contribution in [3.63, 3.8) is 0 Å². The van der Waals surface area contributed by atoms with Gasteiger partial charge in [-0.15, -0.1) is 0 Å². The van der Waals surface area contributed by atoms with Crippen molar-refractivity contribution in [3.8, 4) is 0 Å². The molecule has 0 aromatic carbocycles. The number of rotatable bonds is 1. The molecule has 0 radical (unpaired) electrons. The van der Waals surface area contributed by atoms with E-state index in [0.717, 1.165) is 11.3 Å². The van der Waals surface area contributed by atoms with Crippen molar-refractivity contribution in [2.45, 2.75) is 51.9 Å². The highest BCUT2D eigenvalue weighted by molar-refractivity contribution is 5.97. The van der Waals surface area contributed by atoms with Gasteiger partial charge in [0.15, 0.2) is 5.69 Å². The molecule has 0 saturated carbocycles. The van der Waals surface area contributed by atoms with Crippen LogP contribution in [0.1, 0.15) is 55.5 Å². The van der Waals surface area contributed by atoms with Crippen molar-refractivity contribution in [2.75, 3.05) is 13.1 Å². The zero-order valence-electron chi connectivity index (χ0n) is 13.4. The molecule has 2 aliphatic rings. The monoisotopic (exact) mass is 306 g/mol. The summed E-state index contributed by atoms with van der Waals surface area (Å²) >= 11 is 0. The standard InChI is InChI=1S/C15H22N4O3/c1-8-5-10-12(9(2)22-8)17-18-13(10)14(21)19-6-11(20)16-15(3,4)7-19/h8-9H,5-7H2,1-4H3,(H,16,20)(H,17,18)/t8-,9+/m1/s1. The van der Waals surface area contributed by atoms with Gasteiger partial charge in [0.1, 0.15) is 0 Å². The molecule has 3 heterocycles. The first kappa shape index (κ1) is 15.0.